The number of nitrogens with zero attached hydrogens (tertiary/aromatic N) is 2. The number of fused-ring (bicyclic) bond motifs is 1. The Morgan fingerprint density at radius 3 is 2.85 bits per heavy atom. The summed E-state index contributed by atoms with van der Waals surface area (Å²) in [6.07, 6.45) is 8.40. The fourth-order valence-corrected chi connectivity index (χ4v) is 2.63. The number of imidazole rings is 1. The van der Waals surface area contributed by atoms with E-state index in [2.05, 4.69) is 44.5 Å². The van der Waals surface area contributed by atoms with E-state index < -0.39 is 0 Å². The zero-order valence-electron chi connectivity index (χ0n) is 10.9. The number of benzene rings is 1. The van der Waals surface area contributed by atoms with Crippen LogP contribution in [-0.2, 0) is 6.42 Å². The SMILES string of the molecule is c1c[nH]c(-c2cncc(-c3ccc4c(c3)CCN4)c2)n1. The number of anilines is 1. The summed E-state index contributed by atoms with van der Waals surface area (Å²) in [5.41, 5.74) is 5.96. The van der Waals surface area contributed by atoms with Crippen LogP contribution in [0.2, 0.25) is 0 Å². The van der Waals surface area contributed by atoms with Gasteiger partial charge in [-0.1, -0.05) is 6.07 Å². The van der Waals surface area contributed by atoms with E-state index in [0.29, 0.717) is 0 Å². The van der Waals surface area contributed by atoms with Crippen molar-refractivity contribution in [3.8, 4) is 22.5 Å². The van der Waals surface area contributed by atoms with Gasteiger partial charge in [-0.05, 0) is 35.7 Å². The van der Waals surface area contributed by atoms with E-state index in [1.54, 1.807) is 6.20 Å². The fraction of sp³-hybridized carbons (Fsp3) is 0.125. The van der Waals surface area contributed by atoms with Crippen LogP contribution in [0.4, 0.5) is 5.69 Å². The number of aromatic amines is 1. The number of pyridine rings is 1. The van der Waals surface area contributed by atoms with Crippen LogP contribution in [0.1, 0.15) is 5.56 Å². The monoisotopic (exact) mass is 262 g/mol. The van der Waals surface area contributed by atoms with Crippen molar-refractivity contribution in [3.63, 3.8) is 0 Å². The first kappa shape index (κ1) is 11.2. The van der Waals surface area contributed by atoms with Gasteiger partial charge in [-0.3, -0.25) is 4.98 Å². The van der Waals surface area contributed by atoms with Crippen LogP contribution in [-0.4, -0.2) is 21.5 Å². The van der Waals surface area contributed by atoms with Crippen LogP contribution in [0.25, 0.3) is 22.5 Å². The first-order valence-corrected chi connectivity index (χ1v) is 6.72. The predicted octanol–water partition coefficient (Wildman–Crippen LogP) is 3.11. The molecule has 0 amide bonds. The second kappa shape index (κ2) is 4.49. The average molecular weight is 262 g/mol. The summed E-state index contributed by atoms with van der Waals surface area (Å²) in [6.45, 7) is 1.03. The largest absolute Gasteiger partial charge is 0.384 e. The van der Waals surface area contributed by atoms with E-state index in [-0.39, 0.29) is 0 Å². The minimum atomic E-state index is 0.849. The third-order valence-electron chi connectivity index (χ3n) is 3.66. The van der Waals surface area contributed by atoms with E-state index in [4.69, 9.17) is 0 Å². The van der Waals surface area contributed by atoms with Crippen molar-refractivity contribution in [2.24, 2.45) is 0 Å². The van der Waals surface area contributed by atoms with E-state index in [9.17, 15) is 0 Å². The molecule has 1 aromatic carbocycles. The van der Waals surface area contributed by atoms with Gasteiger partial charge in [0.05, 0.1) is 0 Å². The van der Waals surface area contributed by atoms with Crippen LogP contribution >= 0.6 is 0 Å². The molecule has 0 spiro atoms. The van der Waals surface area contributed by atoms with Crippen molar-refractivity contribution < 1.29 is 0 Å². The summed E-state index contributed by atoms with van der Waals surface area (Å²) in [5, 5.41) is 3.38. The zero-order valence-corrected chi connectivity index (χ0v) is 10.9. The average Bonchev–Trinajstić information content (AvgIpc) is 3.18. The highest BCUT2D eigenvalue weighted by Crippen LogP contribution is 2.29. The second-order valence-electron chi connectivity index (χ2n) is 4.95. The molecule has 3 heterocycles. The molecule has 0 unspecified atom stereocenters. The third kappa shape index (κ3) is 1.86. The molecule has 0 radical (unpaired) electrons. The minimum Gasteiger partial charge on any atom is -0.384 e. The Morgan fingerprint density at radius 2 is 1.95 bits per heavy atom. The Bertz CT molecular complexity index is 747. The lowest BCUT2D eigenvalue weighted by Crippen LogP contribution is -1.90. The van der Waals surface area contributed by atoms with Gasteiger partial charge in [-0.25, -0.2) is 4.98 Å². The molecule has 4 rings (SSSR count). The highest BCUT2D eigenvalue weighted by atomic mass is 14.9. The lowest BCUT2D eigenvalue weighted by atomic mass is 10.0. The van der Waals surface area contributed by atoms with Gasteiger partial charge >= 0.3 is 0 Å². The van der Waals surface area contributed by atoms with Gasteiger partial charge in [0.15, 0.2) is 0 Å². The molecule has 0 saturated carbocycles. The molecule has 20 heavy (non-hydrogen) atoms. The summed E-state index contributed by atoms with van der Waals surface area (Å²) in [4.78, 5) is 11.7. The van der Waals surface area contributed by atoms with Crippen molar-refractivity contribution in [2.75, 3.05) is 11.9 Å². The number of rotatable bonds is 2. The number of aromatic nitrogens is 3. The summed E-state index contributed by atoms with van der Waals surface area (Å²) in [6, 6.07) is 8.66. The maximum atomic E-state index is 4.33. The summed E-state index contributed by atoms with van der Waals surface area (Å²) in [7, 11) is 0. The standard InChI is InChI=1S/C16H14N4/c1-2-15-12(3-4-18-15)7-11(1)13-8-14(10-17-9-13)16-19-5-6-20-16/h1-2,5-10,18H,3-4H2,(H,19,20). The molecule has 4 nitrogen and oxygen atoms in total. The van der Waals surface area contributed by atoms with Crippen LogP contribution in [0.15, 0.2) is 49.1 Å². The quantitative estimate of drug-likeness (QED) is 0.746. The molecule has 0 bridgehead atoms. The molecule has 0 atom stereocenters. The Kier molecular flexibility index (Phi) is 2.52. The summed E-state index contributed by atoms with van der Waals surface area (Å²) < 4.78 is 0. The van der Waals surface area contributed by atoms with Gasteiger partial charge in [0.25, 0.3) is 0 Å². The topological polar surface area (TPSA) is 53.6 Å². The Balaban J connectivity index is 1.77. The van der Waals surface area contributed by atoms with Crippen LogP contribution in [0.3, 0.4) is 0 Å². The molecule has 98 valence electrons. The first-order valence-electron chi connectivity index (χ1n) is 6.72. The Morgan fingerprint density at radius 1 is 1.00 bits per heavy atom. The van der Waals surface area contributed by atoms with E-state index >= 15 is 0 Å². The summed E-state index contributed by atoms with van der Waals surface area (Å²) in [5.74, 6) is 0.849. The maximum Gasteiger partial charge on any atom is 0.138 e. The van der Waals surface area contributed by atoms with Crippen molar-refractivity contribution >= 4 is 5.69 Å². The van der Waals surface area contributed by atoms with Crippen molar-refractivity contribution in [1.29, 1.82) is 0 Å². The van der Waals surface area contributed by atoms with Crippen LogP contribution in [0.5, 0.6) is 0 Å². The number of nitrogens with one attached hydrogen (secondary N) is 2. The summed E-state index contributed by atoms with van der Waals surface area (Å²) >= 11 is 0. The van der Waals surface area contributed by atoms with Crippen LogP contribution in [0, 0.1) is 0 Å². The van der Waals surface area contributed by atoms with E-state index in [1.165, 1.54) is 16.8 Å². The maximum absolute atomic E-state index is 4.33. The number of hydrogen-bond donors (Lipinski definition) is 2. The van der Waals surface area contributed by atoms with E-state index in [1.807, 2.05) is 18.6 Å². The number of hydrogen-bond acceptors (Lipinski definition) is 3. The zero-order chi connectivity index (χ0) is 13.4. The Labute approximate surface area is 116 Å². The van der Waals surface area contributed by atoms with Gasteiger partial charge in [0.2, 0.25) is 0 Å². The van der Waals surface area contributed by atoms with Crippen LogP contribution < -0.4 is 5.32 Å². The molecule has 0 aliphatic carbocycles. The lowest BCUT2D eigenvalue weighted by Gasteiger charge is -2.06. The van der Waals surface area contributed by atoms with Gasteiger partial charge < -0.3 is 10.3 Å². The second-order valence-corrected chi connectivity index (χ2v) is 4.95. The van der Waals surface area contributed by atoms with E-state index in [0.717, 1.165) is 29.9 Å². The lowest BCUT2D eigenvalue weighted by molar-refractivity contribution is 1.11. The molecule has 0 fully saturated rings. The van der Waals surface area contributed by atoms with Crippen molar-refractivity contribution in [2.45, 2.75) is 6.42 Å². The third-order valence-corrected chi connectivity index (χ3v) is 3.66. The highest BCUT2D eigenvalue weighted by molar-refractivity contribution is 5.72. The van der Waals surface area contributed by atoms with Gasteiger partial charge in [-0.15, -0.1) is 0 Å². The molecule has 2 N–H and O–H groups in total. The molecular formula is C16H14N4. The Hall–Kier alpha value is -2.62. The molecular weight excluding hydrogens is 248 g/mol. The van der Waals surface area contributed by atoms with Gasteiger partial charge in [0.1, 0.15) is 5.82 Å². The normalized spacial score (nSPS) is 13.0. The van der Waals surface area contributed by atoms with Crippen molar-refractivity contribution in [1.82, 2.24) is 15.0 Å². The molecule has 4 heteroatoms. The first-order chi connectivity index (χ1) is 9.90. The fourth-order valence-electron chi connectivity index (χ4n) is 2.63. The van der Waals surface area contributed by atoms with Gasteiger partial charge in [0, 0.05) is 48.1 Å². The molecule has 2 aromatic heterocycles. The smallest absolute Gasteiger partial charge is 0.138 e. The minimum absolute atomic E-state index is 0.849. The highest BCUT2D eigenvalue weighted by Gasteiger charge is 2.11. The predicted molar refractivity (Wildman–Crippen MR) is 79.4 cm³/mol. The number of H-pyrrole nitrogens is 1. The molecule has 1 aliphatic rings. The molecule has 3 aromatic rings. The van der Waals surface area contributed by atoms with Gasteiger partial charge in [-0.2, -0.15) is 0 Å². The van der Waals surface area contributed by atoms with Crippen molar-refractivity contribution in [3.05, 3.63) is 54.6 Å². The molecule has 0 saturated heterocycles. The molecule has 1 aliphatic heterocycles.